The van der Waals surface area contributed by atoms with Gasteiger partial charge in [-0.15, -0.1) is 11.3 Å². The van der Waals surface area contributed by atoms with Crippen LogP contribution in [-0.2, 0) is 19.4 Å². The first-order valence-corrected chi connectivity index (χ1v) is 18.0. The molecule has 2 aliphatic rings. The minimum atomic E-state index is -1.04. The quantitative estimate of drug-likeness (QED) is 0.130. The van der Waals surface area contributed by atoms with Gasteiger partial charge in [-0.3, -0.25) is 15.0 Å². The molecule has 1 saturated heterocycles. The van der Waals surface area contributed by atoms with Gasteiger partial charge in [0.25, 0.3) is 5.91 Å². The summed E-state index contributed by atoms with van der Waals surface area (Å²) < 4.78 is 12.8. The fourth-order valence-electron chi connectivity index (χ4n) is 6.21. The molecule has 0 atom stereocenters. The summed E-state index contributed by atoms with van der Waals surface area (Å²) in [6.45, 7) is 5.54. The van der Waals surface area contributed by atoms with Crippen LogP contribution in [0.1, 0.15) is 56.1 Å². The van der Waals surface area contributed by atoms with Crippen molar-refractivity contribution in [3.05, 3.63) is 94.0 Å². The average Bonchev–Trinajstić information content (AvgIpc) is 3.87. The molecule has 1 amide bonds. The number of carbonyl (C=O) groups is 2. The Bertz CT molecular complexity index is 1870. The van der Waals surface area contributed by atoms with Crippen molar-refractivity contribution in [3.63, 3.8) is 0 Å². The third kappa shape index (κ3) is 7.46. The predicted octanol–water partition coefficient (Wildman–Crippen LogP) is 6.75. The molecule has 0 saturated carbocycles. The van der Waals surface area contributed by atoms with Crippen LogP contribution in [0.25, 0.3) is 10.2 Å². The van der Waals surface area contributed by atoms with Gasteiger partial charge in [-0.25, -0.2) is 14.8 Å². The number of ether oxygens (including phenoxy) is 2. The van der Waals surface area contributed by atoms with Gasteiger partial charge < -0.3 is 19.5 Å². The number of carboxylic acids is 1. The molecule has 5 aromatic rings. The van der Waals surface area contributed by atoms with Crippen LogP contribution < -0.4 is 19.7 Å². The maximum absolute atomic E-state index is 13.4. The molecule has 48 heavy (non-hydrogen) atoms. The van der Waals surface area contributed by atoms with Crippen molar-refractivity contribution in [1.29, 1.82) is 0 Å². The number of rotatable bonds is 13. The lowest BCUT2D eigenvalue weighted by Gasteiger charge is -2.29. The molecule has 12 heteroatoms. The second kappa shape index (κ2) is 14.7. The van der Waals surface area contributed by atoms with Crippen LogP contribution in [0.4, 0.5) is 10.3 Å². The van der Waals surface area contributed by atoms with Crippen molar-refractivity contribution in [3.8, 4) is 11.5 Å². The zero-order chi connectivity index (χ0) is 32.9. The monoisotopic (exact) mass is 683 g/mol. The number of carbonyl (C=O) groups excluding carboxylic acids is 1. The second-order valence-electron chi connectivity index (χ2n) is 11.9. The number of nitrogens with one attached hydrogen (secondary N) is 1. The Morgan fingerprint density at radius 2 is 1.65 bits per heavy atom. The number of aryl methyl sites for hydroxylation is 1. The molecule has 2 aliphatic heterocycles. The number of carboxylic acid groups (broad SMARTS) is 1. The largest absolute Gasteiger partial charge is 0.494 e. The Hall–Kier alpha value is -4.52. The molecule has 0 bridgehead atoms. The Morgan fingerprint density at radius 3 is 2.42 bits per heavy atom. The van der Waals surface area contributed by atoms with Crippen LogP contribution in [-0.4, -0.2) is 71.2 Å². The maximum Gasteiger partial charge on any atom is 0.355 e. The summed E-state index contributed by atoms with van der Waals surface area (Å²) in [5.41, 5.74) is 3.55. The Labute approximate surface area is 287 Å². The molecule has 0 aliphatic carbocycles. The molecule has 2 aromatic heterocycles. The van der Waals surface area contributed by atoms with Crippen LogP contribution in [0.2, 0.25) is 0 Å². The predicted molar refractivity (Wildman–Crippen MR) is 189 cm³/mol. The van der Waals surface area contributed by atoms with E-state index in [0.29, 0.717) is 55.0 Å². The van der Waals surface area contributed by atoms with Crippen molar-refractivity contribution < 1.29 is 24.2 Å². The van der Waals surface area contributed by atoms with E-state index in [9.17, 15) is 14.7 Å². The zero-order valence-corrected chi connectivity index (χ0v) is 28.2. The van der Waals surface area contributed by atoms with E-state index in [-0.39, 0.29) is 11.6 Å². The van der Waals surface area contributed by atoms with Crippen LogP contribution in [0, 0.1) is 0 Å². The molecule has 3 aromatic carbocycles. The highest BCUT2D eigenvalue weighted by molar-refractivity contribution is 7.22. The van der Waals surface area contributed by atoms with E-state index in [1.165, 1.54) is 35.5 Å². The Kier molecular flexibility index (Phi) is 9.82. The number of benzene rings is 3. The molecule has 4 heterocycles. The molecule has 0 radical (unpaired) electrons. The van der Waals surface area contributed by atoms with E-state index >= 15 is 0 Å². The van der Waals surface area contributed by atoms with Crippen molar-refractivity contribution >= 4 is 55.0 Å². The lowest BCUT2D eigenvalue weighted by atomic mass is 9.94. The molecule has 2 N–H and O–H groups in total. The van der Waals surface area contributed by atoms with Gasteiger partial charge in [-0.2, -0.15) is 0 Å². The Balaban J connectivity index is 0.951. The van der Waals surface area contributed by atoms with Crippen molar-refractivity contribution in [1.82, 2.24) is 14.9 Å². The van der Waals surface area contributed by atoms with Crippen molar-refractivity contribution in [2.45, 2.75) is 38.6 Å². The highest BCUT2D eigenvalue weighted by atomic mass is 32.1. The van der Waals surface area contributed by atoms with E-state index in [4.69, 9.17) is 9.47 Å². The van der Waals surface area contributed by atoms with Crippen LogP contribution in [0.3, 0.4) is 0 Å². The van der Waals surface area contributed by atoms with E-state index < -0.39 is 5.97 Å². The summed E-state index contributed by atoms with van der Waals surface area (Å²) in [4.78, 5) is 39.9. The maximum atomic E-state index is 13.4. The van der Waals surface area contributed by atoms with Crippen LogP contribution in [0.5, 0.6) is 11.5 Å². The highest BCUT2D eigenvalue weighted by Crippen LogP contribution is 2.33. The molecule has 1 fully saturated rings. The molecule has 10 nitrogen and oxygen atoms in total. The van der Waals surface area contributed by atoms with Gasteiger partial charge in [0, 0.05) is 30.1 Å². The van der Waals surface area contributed by atoms with Gasteiger partial charge in [-0.05, 0) is 98.8 Å². The summed E-state index contributed by atoms with van der Waals surface area (Å²) in [7, 11) is 0. The first kappa shape index (κ1) is 32.0. The number of amides is 1. The lowest BCUT2D eigenvalue weighted by molar-refractivity contribution is 0.0690. The fraction of sp³-hybridized carbons (Fsp3) is 0.333. The zero-order valence-electron chi connectivity index (χ0n) is 26.5. The van der Waals surface area contributed by atoms with Gasteiger partial charge in [0.2, 0.25) is 0 Å². The number of fused-ring (bicyclic) bond motifs is 2. The average molecular weight is 684 g/mol. The number of anilines is 2. The Morgan fingerprint density at radius 1 is 0.875 bits per heavy atom. The minimum Gasteiger partial charge on any atom is -0.494 e. The lowest BCUT2D eigenvalue weighted by Crippen LogP contribution is -2.32. The molecule has 248 valence electrons. The van der Waals surface area contributed by atoms with Gasteiger partial charge in [-0.1, -0.05) is 35.6 Å². The number of hydrogen-bond donors (Lipinski definition) is 2. The third-order valence-electron chi connectivity index (χ3n) is 8.71. The van der Waals surface area contributed by atoms with Crippen molar-refractivity contribution in [2.75, 3.05) is 49.6 Å². The number of para-hydroxylation sites is 1. The van der Waals surface area contributed by atoms with E-state index in [0.717, 1.165) is 63.8 Å². The van der Waals surface area contributed by atoms with E-state index in [1.807, 2.05) is 66.7 Å². The van der Waals surface area contributed by atoms with Gasteiger partial charge in [0.05, 0.1) is 16.8 Å². The number of likely N-dealkylation sites (tertiary alicyclic amines) is 1. The number of aromatic nitrogens is 2. The smallest absolute Gasteiger partial charge is 0.355 e. The number of thiazole rings is 2. The van der Waals surface area contributed by atoms with Crippen molar-refractivity contribution in [2.24, 2.45) is 0 Å². The summed E-state index contributed by atoms with van der Waals surface area (Å²) >= 11 is 2.85. The second-order valence-corrected chi connectivity index (χ2v) is 14.0. The molecular formula is C36H37N5O5S2. The van der Waals surface area contributed by atoms with Gasteiger partial charge in [0.15, 0.2) is 16.0 Å². The summed E-state index contributed by atoms with van der Waals surface area (Å²) in [6.07, 6.45) is 4.46. The molecule has 0 spiro atoms. The van der Waals surface area contributed by atoms with Gasteiger partial charge in [0.1, 0.15) is 18.1 Å². The molecular weight excluding hydrogens is 647 g/mol. The number of aromatic carboxylic acids is 1. The van der Waals surface area contributed by atoms with Crippen LogP contribution >= 0.6 is 22.7 Å². The number of nitrogens with zero attached hydrogens (tertiary/aromatic N) is 4. The third-order valence-corrected chi connectivity index (χ3v) is 10.8. The topological polar surface area (TPSA) is 117 Å². The standard InChI is InChI=1S/C36H37N5O5S2/c42-33(39-35-37-29-9-1-2-10-30(29)47-35)27-8-5-7-24-16-19-41(23-28(24)27)36-38-32(34(43)44)31(48-36)11-6-21-45-25-12-14-26(15-13-25)46-22-20-40-17-3-4-18-40/h1-2,5,7-10,12-15H,3-4,6,11,16-23H2,(H,43,44)(H,37,39,42). The molecule has 0 unspecified atom stereocenters. The van der Waals surface area contributed by atoms with E-state index in [2.05, 4.69) is 25.1 Å². The summed E-state index contributed by atoms with van der Waals surface area (Å²) in [5.74, 6) is 0.326. The first-order valence-electron chi connectivity index (χ1n) is 16.3. The van der Waals surface area contributed by atoms with Gasteiger partial charge >= 0.3 is 5.97 Å². The number of hydrogen-bond acceptors (Lipinski definition) is 10. The first-order chi connectivity index (χ1) is 23.5. The fourth-order valence-corrected chi connectivity index (χ4v) is 8.19. The van der Waals surface area contributed by atoms with E-state index in [1.54, 1.807) is 0 Å². The normalized spacial score (nSPS) is 14.6. The SMILES string of the molecule is O=C(Nc1nc2ccccc2s1)c1cccc2c1CN(c1nc(C(=O)O)c(CCCOc3ccc(OCCN4CCCC4)cc3)s1)CC2. The minimum absolute atomic E-state index is 0.0816. The summed E-state index contributed by atoms with van der Waals surface area (Å²) in [5, 5.41) is 14.1. The molecule has 7 rings (SSSR count). The summed E-state index contributed by atoms with van der Waals surface area (Å²) in [6, 6.07) is 21.2. The van der Waals surface area contributed by atoms with Crippen LogP contribution in [0.15, 0.2) is 66.7 Å². The highest BCUT2D eigenvalue weighted by Gasteiger charge is 2.26.